The number of halogens is 1. The van der Waals surface area contributed by atoms with Crippen LogP contribution in [-0.4, -0.2) is 31.2 Å². The summed E-state index contributed by atoms with van der Waals surface area (Å²) >= 11 is 3.44. The molecule has 0 saturated carbocycles. The van der Waals surface area contributed by atoms with E-state index in [2.05, 4.69) is 30.6 Å². The molecule has 88 valence electrons. The number of ether oxygens (including phenoxy) is 1. The number of pyridine rings is 1. The number of hydrogen-bond acceptors (Lipinski definition) is 4. The molecule has 1 aromatic heterocycles. The molecule has 1 heterocycles. The smallest absolute Gasteiger partial charge is 0.307 e. The molecule has 5 heteroatoms. The molecule has 0 aliphatic heterocycles. The molecule has 0 aliphatic rings. The second-order valence-electron chi connectivity index (χ2n) is 3.23. The summed E-state index contributed by atoms with van der Waals surface area (Å²) in [4.78, 5) is 17.2. The minimum absolute atomic E-state index is 0.191. The number of carbonyl (C=O) groups excluding carboxylic acids is 1. The van der Waals surface area contributed by atoms with Crippen molar-refractivity contribution in [2.45, 2.75) is 13.3 Å². The van der Waals surface area contributed by atoms with Crippen molar-refractivity contribution in [2.24, 2.45) is 0 Å². The second kappa shape index (κ2) is 6.48. The van der Waals surface area contributed by atoms with Gasteiger partial charge >= 0.3 is 5.97 Å². The minimum atomic E-state index is -0.191. The third-order valence-electron chi connectivity index (χ3n) is 2.29. The summed E-state index contributed by atoms with van der Waals surface area (Å²) in [6.07, 6.45) is 3.87. The molecule has 1 aromatic rings. The Morgan fingerprint density at radius 1 is 1.62 bits per heavy atom. The maximum absolute atomic E-state index is 11.1. The molecule has 0 aliphatic carbocycles. The molecule has 0 N–H and O–H groups in total. The Hall–Kier alpha value is -1.10. The lowest BCUT2D eigenvalue weighted by Crippen LogP contribution is -2.26. The second-order valence-corrected chi connectivity index (χ2v) is 4.09. The zero-order chi connectivity index (χ0) is 12.0. The third kappa shape index (κ3) is 3.48. The lowest BCUT2D eigenvalue weighted by atomic mass is 10.3. The zero-order valence-electron chi connectivity index (χ0n) is 9.44. The first kappa shape index (κ1) is 13.0. The van der Waals surface area contributed by atoms with Crippen molar-refractivity contribution < 1.29 is 9.53 Å². The molecular formula is C11H15BrN2O2. The Labute approximate surface area is 104 Å². The van der Waals surface area contributed by atoms with Gasteiger partial charge < -0.3 is 9.64 Å². The van der Waals surface area contributed by atoms with Crippen LogP contribution in [0.5, 0.6) is 0 Å². The average molecular weight is 287 g/mol. The van der Waals surface area contributed by atoms with Crippen molar-refractivity contribution in [1.29, 1.82) is 0 Å². The van der Waals surface area contributed by atoms with Crippen LogP contribution in [0.2, 0.25) is 0 Å². The van der Waals surface area contributed by atoms with E-state index >= 15 is 0 Å². The van der Waals surface area contributed by atoms with E-state index in [1.165, 1.54) is 7.11 Å². The number of aromatic nitrogens is 1. The van der Waals surface area contributed by atoms with Gasteiger partial charge in [-0.1, -0.05) is 0 Å². The molecule has 0 fully saturated rings. The van der Waals surface area contributed by atoms with Crippen molar-refractivity contribution >= 4 is 27.6 Å². The predicted octanol–water partition coefficient (Wildman–Crippen LogP) is 2.23. The summed E-state index contributed by atoms with van der Waals surface area (Å²) in [5.74, 6) is -0.191. The van der Waals surface area contributed by atoms with E-state index in [0.717, 1.165) is 16.7 Å². The fraction of sp³-hybridized carbons (Fsp3) is 0.455. The summed E-state index contributed by atoms with van der Waals surface area (Å²) in [5, 5.41) is 0. The fourth-order valence-electron chi connectivity index (χ4n) is 1.40. The zero-order valence-corrected chi connectivity index (χ0v) is 11.0. The third-order valence-corrected chi connectivity index (χ3v) is 2.90. The van der Waals surface area contributed by atoms with Crippen LogP contribution in [-0.2, 0) is 9.53 Å². The molecule has 0 aromatic carbocycles. The number of esters is 1. The van der Waals surface area contributed by atoms with Crippen molar-refractivity contribution in [2.75, 3.05) is 25.1 Å². The van der Waals surface area contributed by atoms with Crippen molar-refractivity contribution in [3.05, 3.63) is 22.9 Å². The van der Waals surface area contributed by atoms with Crippen molar-refractivity contribution in [3.8, 4) is 0 Å². The van der Waals surface area contributed by atoms with Crippen LogP contribution in [0.15, 0.2) is 22.9 Å². The van der Waals surface area contributed by atoms with Crippen LogP contribution in [0.1, 0.15) is 13.3 Å². The lowest BCUT2D eigenvalue weighted by molar-refractivity contribution is -0.140. The van der Waals surface area contributed by atoms with Crippen LogP contribution >= 0.6 is 15.9 Å². The maximum Gasteiger partial charge on any atom is 0.307 e. The highest BCUT2D eigenvalue weighted by atomic mass is 79.9. The van der Waals surface area contributed by atoms with Gasteiger partial charge in [-0.2, -0.15) is 0 Å². The summed E-state index contributed by atoms with van der Waals surface area (Å²) in [6, 6.07) is 1.92. The molecule has 0 saturated heterocycles. The van der Waals surface area contributed by atoms with Crippen LogP contribution in [0, 0.1) is 0 Å². The Kier molecular flexibility index (Phi) is 5.25. The van der Waals surface area contributed by atoms with Crippen molar-refractivity contribution in [1.82, 2.24) is 4.98 Å². The summed E-state index contributed by atoms with van der Waals surface area (Å²) < 4.78 is 5.55. The monoisotopic (exact) mass is 286 g/mol. The average Bonchev–Trinajstić information content (AvgIpc) is 2.31. The largest absolute Gasteiger partial charge is 0.469 e. The number of anilines is 1. The first-order chi connectivity index (χ1) is 7.69. The predicted molar refractivity (Wildman–Crippen MR) is 66.5 cm³/mol. The molecule has 0 atom stereocenters. The number of rotatable bonds is 5. The molecule has 0 amide bonds. The van der Waals surface area contributed by atoms with Crippen LogP contribution < -0.4 is 4.90 Å². The maximum atomic E-state index is 11.1. The minimum Gasteiger partial charge on any atom is -0.469 e. The van der Waals surface area contributed by atoms with Crippen LogP contribution in [0.3, 0.4) is 0 Å². The quantitative estimate of drug-likeness (QED) is 0.779. The van der Waals surface area contributed by atoms with E-state index in [9.17, 15) is 4.79 Å². The Morgan fingerprint density at radius 3 is 2.94 bits per heavy atom. The van der Waals surface area contributed by atoms with E-state index in [-0.39, 0.29) is 5.97 Å². The normalized spacial score (nSPS) is 9.94. The molecule has 4 nitrogen and oxygen atoms in total. The molecule has 0 unspecified atom stereocenters. The molecule has 0 bridgehead atoms. The van der Waals surface area contributed by atoms with Gasteiger partial charge in [0.1, 0.15) is 0 Å². The summed E-state index contributed by atoms with van der Waals surface area (Å²) in [6.45, 7) is 3.52. The van der Waals surface area contributed by atoms with Gasteiger partial charge in [-0.3, -0.25) is 9.78 Å². The molecule has 1 rings (SSSR count). The molecule has 0 radical (unpaired) electrons. The Balaban J connectivity index is 2.68. The highest BCUT2D eigenvalue weighted by molar-refractivity contribution is 9.10. The number of carbonyl (C=O) groups is 1. The highest BCUT2D eigenvalue weighted by Crippen LogP contribution is 2.24. The first-order valence-corrected chi connectivity index (χ1v) is 5.89. The van der Waals surface area contributed by atoms with E-state index < -0.39 is 0 Å². The SMILES string of the molecule is CCN(CCC(=O)OC)c1ccncc1Br. The molecule has 16 heavy (non-hydrogen) atoms. The number of nitrogens with zero attached hydrogens (tertiary/aromatic N) is 2. The van der Waals surface area contributed by atoms with Crippen molar-refractivity contribution in [3.63, 3.8) is 0 Å². The Morgan fingerprint density at radius 2 is 2.38 bits per heavy atom. The van der Waals surface area contributed by atoms with Gasteiger partial charge in [0.15, 0.2) is 0 Å². The fourth-order valence-corrected chi connectivity index (χ4v) is 1.90. The summed E-state index contributed by atoms with van der Waals surface area (Å²) in [7, 11) is 1.40. The van der Waals surface area contributed by atoms with Gasteiger partial charge in [0.2, 0.25) is 0 Å². The highest BCUT2D eigenvalue weighted by Gasteiger charge is 2.10. The molecular weight excluding hydrogens is 272 g/mol. The standard InChI is InChI=1S/C11H15BrN2O2/c1-3-14(7-5-11(15)16-2)10-4-6-13-8-9(10)12/h4,6,8H,3,5,7H2,1-2H3. The van der Waals surface area contributed by atoms with Gasteiger partial charge in [-0.25, -0.2) is 0 Å². The van der Waals surface area contributed by atoms with E-state index in [4.69, 9.17) is 0 Å². The van der Waals surface area contributed by atoms with E-state index in [1.807, 2.05) is 13.0 Å². The van der Waals surface area contributed by atoms with Crippen LogP contribution in [0.4, 0.5) is 5.69 Å². The van der Waals surface area contributed by atoms with E-state index in [0.29, 0.717) is 13.0 Å². The van der Waals surface area contributed by atoms with Gasteiger partial charge in [-0.05, 0) is 28.9 Å². The lowest BCUT2D eigenvalue weighted by Gasteiger charge is -2.23. The molecule has 0 spiro atoms. The van der Waals surface area contributed by atoms with Gasteiger partial charge in [0.05, 0.1) is 23.7 Å². The van der Waals surface area contributed by atoms with Gasteiger partial charge in [0.25, 0.3) is 0 Å². The summed E-state index contributed by atoms with van der Waals surface area (Å²) in [5.41, 5.74) is 1.04. The number of methoxy groups -OCH3 is 1. The number of hydrogen-bond donors (Lipinski definition) is 0. The van der Waals surface area contributed by atoms with E-state index in [1.54, 1.807) is 12.4 Å². The van der Waals surface area contributed by atoms with Gasteiger partial charge in [0, 0.05) is 25.5 Å². The topological polar surface area (TPSA) is 42.4 Å². The Bertz CT molecular complexity index is 358. The van der Waals surface area contributed by atoms with Crippen LogP contribution in [0.25, 0.3) is 0 Å². The first-order valence-electron chi connectivity index (χ1n) is 5.10. The van der Waals surface area contributed by atoms with Gasteiger partial charge in [-0.15, -0.1) is 0 Å².